The van der Waals surface area contributed by atoms with E-state index in [0.29, 0.717) is 15.7 Å². The van der Waals surface area contributed by atoms with E-state index in [-0.39, 0.29) is 29.9 Å². The Bertz CT molecular complexity index is 804. The molecule has 0 aliphatic rings. The standard InChI is InChI=1S/C15H16Cl2N4O3/c1-8(11-4-5-12(16)13(17)6-11)18-14(22)7-20-10(3)15(21(23)24)9(2)19-20/h4-6,8H,7H2,1-3H3,(H,18,22)/t8-/m0/s1. The number of carbonyl (C=O) groups excluding carboxylic acids is 1. The van der Waals surface area contributed by atoms with Crippen LogP contribution in [0.2, 0.25) is 10.0 Å². The van der Waals surface area contributed by atoms with Gasteiger partial charge in [-0.15, -0.1) is 0 Å². The summed E-state index contributed by atoms with van der Waals surface area (Å²) in [5.41, 5.74) is 1.36. The first-order valence-corrected chi connectivity index (χ1v) is 7.89. The van der Waals surface area contributed by atoms with Crippen LogP contribution >= 0.6 is 23.2 Å². The van der Waals surface area contributed by atoms with Crippen molar-refractivity contribution >= 4 is 34.8 Å². The summed E-state index contributed by atoms with van der Waals surface area (Å²) in [6, 6.07) is 4.82. The number of carbonyl (C=O) groups is 1. The summed E-state index contributed by atoms with van der Waals surface area (Å²) < 4.78 is 1.32. The van der Waals surface area contributed by atoms with Gasteiger partial charge in [-0.1, -0.05) is 29.3 Å². The summed E-state index contributed by atoms with van der Waals surface area (Å²) >= 11 is 11.8. The van der Waals surface area contributed by atoms with Gasteiger partial charge < -0.3 is 5.32 Å². The highest BCUT2D eigenvalue weighted by atomic mass is 35.5. The number of hydrogen-bond donors (Lipinski definition) is 1. The zero-order valence-electron chi connectivity index (χ0n) is 13.3. The summed E-state index contributed by atoms with van der Waals surface area (Å²) in [6.07, 6.45) is 0. The monoisotopic (exact) mass is 370 g/mol. The van der Waals surface area contributed by atoms with Crippen LogP contribution in [0.1, 0.15) is 29.9 Å². The predicted molar refractivity (Wildman–Crippen MR) is 91.4 cm³/mol. The van der Waals surface area contributed by atoms with E-state index in [4.69, 9.17) is 23.2 Å². The fraction of sp³-hybridized carbons (Fsp3) is 0.333. The third-order valence-electron chi connectivity index (χ3n) is 3.64. The van der Waals surface area contributed by atoms with Crippen molar-refractivity contribution in [1.82, 2.24) is 15.1 Å². The van der Waals surface area contributed by atoms with Gasteiger partial charge in [0.25, 0.3) is 0 Å². The van der Waals surface area contributed by atoms with E-state index in [1.165, 1.54) is 11.6 Å². The zero-order valence-corrected chi connectivity index (χ0v) is 14.9. The van der Waals surface area contributed by atoms with Gasteiger partial charge in [0.1, 0.15) is 17.9 Å². The van der Waals surface area contributed by atoms with Crippen molar-refractivity contribution in [2.75, 3.05) is 0 Å². The highest BCUT2D eigenvalue weighted by Gasteiger charge is 2.23. The molecule has 0 saturated heterocycles. The number of benzene rings is 1. The minimum atomic E-state index is -0.496. The number of rotatable bonds is 5. The van der Waals surface area contributed by atoms with Crippen molar-refractivity contribution < 1.29 is 9.72 Å². The van der Waals surface area contributed by atoms with Gasteiger partial charge in [-0.25, -0.2) is 0 Å². The third kappa shape index (κ3) is 3.85. The van der Waals surface area contributed by atoms with Crippen LogP contribution in [0.3, 0.4) is 0 Å². The molecule has 1 heterocycles. The minimum absolute atomic E-state index is 0.0691. The Morgan fingerprint density at radius 1 is 1.38 bits per heavy atom. The summed E-state index contributed by atoms with van der Waals surface area (Å²) in [5, 5.41) is 18.7. The lowest BCUT2D eigenvalue weighted by Gasteiger charge is -2.15. The molecule has 0 spiro atoms. The number of nitro groups is 1. The van der Waals surface area contributed by atoms with Gasteiger partial charge in [-0.2, -0.15) is 5.10 Å². The smallest absolute Gasteiger partial charge is 0.312 e. The van der Waals surface area contributed by atoms with E-state index in [9.17, 15) is 14.9 Å². The van der Waals surface area contributed by atoms with Crippen molar-refractivity contribution in [1.29, 1.82) is 0 Å². The summed E-state index contributed by atoms with van der Waals surface area (Å²) in [6.45, 7) is 4.80. The maximum atomic E-state index is 12.2. The van der Waals surface area contributed by atoms with E-state index in [1.807, 2.05) is 0 Å². The maximum absolute atomic E-state index is 12.2. The first-order valence-electron chi connectivity index (χ1n) is 7.13. The third-order valence-corrected chi connectivity index (χ3v) is 4.38. The molecule has 1 aromatic carbocycles. The topological polar surface area (TPSA) is 90.1 Å². The van der Waals surface area contributed by atoms with Crippen molar-refractivity contribution in [3.8, 4) is 0 Å². The van der Waals surface area contributed by atoms with Crippen LogP contribution in [-0.4, -0.2) is 20.6 Å². The predicted octanol–water partition coefficient (Wildman–Crippen LogP) is 3.59. The van der Waals surface area contributed by atoms with E-state index in [2.05, 4.69) is 10.4 Å². The minimum Gasteiger partial charge on any atom is -0.348 e. The van der Waals surface area contributed by atoms with E-state index >= 15 is 0 Å². The molecular formula is C15H16Cl2N4O3. The van der Waals surface area contributed by atoms with Crippen molar-refractivity contribution in [3.05, 3.63) is 55.3 Å². The fourth-order valence-corrected chi connectivity index (χ4v) is 2.70. The van der Waals surface area contributed by atoms with Crippen LogP contribution in [-0.2, 0) is 11.3 Å². The molecule has 0 fully saturated rings. The number of nitrogens with zero attached hydrogens (tertiary/aromatic N) is 3. The van der Waals surface area contributed by atoms with Crippen molar-refractivity contribution in [3.63, 3.8) is 0 Å². The molecular weight excluding hydrogens is 355 g/mol. The van der Waals surface area contributed by atoms with Crippen LogP contribution in [0.15, 0.2) is 18.2 Å². The lowest BCUT2D eigenvalue weighted by Crippen LogP contribution is -2.30. The average molecular weight is 371 g/mol. The number of aryl methyl sites for hydroxylation is 1. The van der Waals surface area contributed by atoms with Crippen LogP contribution in [0.4, 0.5) is 5.69 Å². The number of nitrogens with one attached hydrogen (secondary N) is 1. The van der Waals surface area contributed by atoms with Gasteiger partial charge in [-0.3, -0.25) is 19.6 Å². The van der Waals surface area contributed by atoms with Crippen molar-refractivity contribution in [2.24, 2.45) is 0 Å². The lowest BCUT2D eigenvalue weighted by atomic mass is 10.1. The van der Waals surface area contributed by atoms with Crippen molar-refractivity contribution in [2.45, 2.75) is 33.4 Å². The van der Waals surface area contributed by atoms with E-state index in [0.717, 1.165) is 5.56 Å². The van der Waals surface area contributed by atoms with Gasteiger partial charge in [0.2, 0.25) is 5.91 Å². The molecule has 0 aliphatic carbocycles. The SMILES string of the molecule is Cc1nn(CC(=O)N[C@@H](C)c2ccc(Cl)c(Cl)c2)c(C)c1[N+](=O)[O-]. The van der Waals surface area contributed by atoms with Gasteiger partial charge in [0.15, 0.2) is 0 Å². The molecule has 9 heteroatoms. The van der Waals surface area contributed by atoms with E-state index < -0.39 is 4.92 Å². The molecule has 128 valence electrons. The van der Waals surface area contributed by atoms with Gasteiger partial charge in [0.05, 0.1) is 21.0 Å². The average Bonchev–Trinajstić information content (AvgIpc) is 2.75. The number of aromatic nitrogens is 2. The first-order chi connectivity index (χ1) is 11.2. The Morgan fingerprint density at radius 2 is 2.04 bits per heavy atom. The molecule has 0 unspecified atom stereocenters. The maximum Gasteiger partial charge on any atom is 0.312 e. The summed E-state index contributed by atoms with van der Waals surface area (Å²) in [5.74, 6) is -0.311. The second-order valence-electron chi connectivity index (χ2n) is 5.40. The molecule has 1 N–H and O–H groups in total. The molecule has 0 radical (unpaired) electrons. The normalized spacial score (nSPS) is 12.0. The lowest BCUT2D eigenvalue weighted by molar-refractivity contribution is -0.386. The molecule has 7 nitrogen and oxygen atoms in total. The number of hydrogen-bond acceptors (Lipinski definition) is 4. The van der Waals surface area contributed by atoms with Crippen LogP contribution in [0, 0.1) is 24.0 Å². The Balaban J connectivity index is 2.09. The Kier molecular flexibility index (Phi) is 5.46. The second kappa shape index (κ2) is 7.19. The Morgan fingerprint density at radius 3 is 2.58 bits per heavy atom. The Hall–Kier alpha value is -2.12. The summed E-state index contributed by atoms with van der Waals surface area (Å²) in [7, 11) is 0. The fourth-order valence-electron chi connectivity index (χ4n) is 2.39. The highest BCUT2D eigenvalue weighted by Crippen LogP contribution is 2.25. The van der Waals surface area contributed by atoms with Crippen LogP contribution in [0.5, 0.6) is 0 Å². The number of halogens is 2. The van der Waals surface area contributed by atoms with Crippen LogP contribution in [0.25, 0.3) is 0 Å². The quantitative estimate of drug-likeness (QED) is 0.642. The molecule has 24 heavy (non-hydrogen) atoms. The number of amides is 1. The molecule has 0 aliphatic heterocycles. The molecule has 2 aromatic rings. The van der Waals surface area contributed by atoms with Crippen LogP contribution < -0.4 is 5.32 Å². The first kappa shape index (κ1) is 18.2. The molecule has 0 saturated carbocycles. The molecule has 1 aromatic heterocycles. The molecule has 1 amide bonds. The largest absolute Gasteiger partial charge is 0.348 e. The second-order valence-corrected chi connectivity index (χ2v) is 6.21. The molecule has 0 bridgehead atoms. The van der Waals surface area contributed by atoms with E-state index in [1.54, 1.807) is 32.0 Å². The Labute approximate surface area is 148 Å². The highest BCUT2D eigenvalue weighted by molar-refractivity contribution is 6.42. The summed E-state index contributed by atoms with van der Waals surface area (Å²) in [4.78, 5) is 22.7. The van der Waals surface area contributed by atoms with Gasteiger partial charge >= 0.3 is 5.69 Å². The van der Waals surface area contributed by atoms with Gasteiger partial charge in [-0.05, 0) is 38.5 Å². The van der Waals surface area contributed by atoms with Gasteiger partial charge in [0, 0.05) is 0 Å². The molecule has 2 rings (SSSR count). The zero-order chi connectivity index (χ0) is 18.0. The molecule has 1 atom stereocenters.